The first-order valence-electron chi connectivity index (χ1n) is 14.5. The third kappa shape index (κ3) is 7.35. The van der Waals surface area contributed by atoms with Gasteiger partial charge in [-0.3, -0.25) is 9.78 Å². The van der Waals surface area contributed by atoms with E-state index in [-0.39, 0.29) is 11.7 Å². The van der Waals surface area contributed by atoms with Crippen LogP contribution in [0.3, 0.4) is 0 Å². The number of carbonyl (C=O) groups is 1. The number of likely N-dealkylation sites (tertiary alicyclic amines) is 1. The van der Waals surface area contributed by atoms with Crippen LogP contribution in [0.15, 0.2) is 98.9 Å². The molecule has 6 rings (SSSR count). The lowest BCUT2D eigenvalue weighted by Crippen LogP contribution is -2.43. The molecule has 3 aromatic heterocycles. The second-order valence-electron chi connectivity index (χ2n) is 10.9. The zero-order valence-electron chi connectivity index (χ0n) is 24.6. The number of nitrogens with one attached hydrogen (secondary N) is 1. The smallest absolute Gasteiger partial charge is 0.236 e. The third-order valence-electron chi connectivity index (χ3n) is 7.38. The van der Waals surface area contributed by atoms with Crippen molar-refractivity contribution in [3.05, 3.63) is 90.0 Å². The minimum atomic E-state index is -0.334. The summed E-state index contributed by atoms with van der Waals surface area (Å²) < 4.78 is 21.0. The Bertz CT molecular complexity index is 1730. The largest absolute Gasteiger partial charge is 0.453 e. The summed E-state index contributed by atoms with van der Waals surface area (Å²) in [7, 11) is 3.83. The van der Waals surface area contributed by atoms with E-state index < -0.39 is 0 Å². The fourth-order valence-electron chi connectivity index (χ4n) is 5.18. The van der Waals surface area contributed by atoms with Crippen LogP contribution >= 0.6 is 23.1 Å². The fourth-order valence-corrected chi connectivity index (χ4v) is 7.06. The zero-order chi connectivity index (χ0) is 30.5. The number of likely N-dealkylation sites (N-methyl/N-ethyl adjacent to an activating group) is 1. The quantitative estimate of drug-likeness (QED) is 0.224. The van der Waals surface area contributed by atoms with Gasteiger partial charge in [0, 0.05) is 59.4 Å². The number of amidine groups is 1. The van der Waals surface area contributed by atoms with Crippen molar-refractivity contribution >= 4 is 50.9 Å². The van der Waals surface area contributed by atoms with Crippen molar-refractivity contribution in [1.82, 2.24) is 25.1 Å². The highest BCUT2D eigenvalue weighted by Gasteiger charge is 2.26. The Morgan fingerprint density at radius 1 is 1.18 bits per heavy atom. The van der Waals surface area contributed by atoms with Gasteiger partial charge in [-0.25, -0.2) is 14.4 Å². The molecule has 0 bridgehead atoms. The lowest BCUT2D eigenvalue weighted by Gasteiger charge is -2.34. The minimum absolute atomic E-state index is 0.170. The van der Waals surface area contributed by atoms with Crippen molar-refractivity contribution in [2.45, 2.75) is 29.1 Å². The summed E-state index contributed by atoms with van der Waals surface area (Å²) in [5, 5.41) is 5.60. The molecule has 0 saturated carbocycles. The maximum Gasteiger partial charge on any atom is 0.236 e. The van der Waals surface area contributed by atoms with Gasteiger partial charge in [0.25, 0.3) is 0 Å². The molecule has 1 N–H and O–H groups in total. The Morgan fingerprint density at radius 2 is 2.00 bits per heavy atom. The van der Waals surface area contributed by atoms with E-state index in [1.165, 1.54) is 12.1 Å². The summed E-state index contributed by atoms with van der Waals surface area (Å²) in [6.07, 6.45) is 12.2. The number of amides is 1. The van der Waals surface area contributed by atoms with Gasteiger partial charge in [0.15, 0.2) is 11.6 Å². The van der Waals surface area contributed by atoms with E-state index in [2.05, 4.69) is 28.5 Å². The van der Waals surface area contributed by atoms with Crippen molar-refractivity contribution < 1.29 is 13.9 Å². The topological polar surface area (TPSA) is 83.0 Å². The van der Waals surface area contributed by atoms with Gasteiger partial charge in [0.1, 0.15) is 17.4 Å². The highest BCUT2D eigenvalue weighted by molar-refractivity contribution is 7.99. The first-order valence-corrected chi connectivity index (χ1v) is 16.2. The molecular weight excluding hydrogens is 596 g/mol. The van der Waals surface area contributed by atoms with Crippen molar-refractivity contribution in [2.24, 2.45) is 10.9 Å². The van der Waals surface area contributed by atoms with Gasteiger partial charge in [-0.1, -0.05) is 23.9 Å². The number of hydrogen-bond donors (Lipinski definition) is 1. The number of piperidine rings is 1. The Kier molecular flexibility index (Phi) is 9.34. The molecule has 0 unspecified atom stereocenters. The molecule has 0 atom stereocenters. The summed E-state index contributed by atoms with van der Waals surface area (Å²) in [5.74, 6) is 2.27. The number of rotatable bonds is 8. The third-order valence-corrected chi connectivity index (χ3v) is 9.46. The molecule has 4 aromatic rings. The van der Waals surface area contributed by atoms with Gasteiger partial charge in [-0.2, -0.15) is 0 Å². The molecular formula is C33H33FN6O2S2. The van der Waals surface area contributed by atoms with Crippen LogP contribution in [0.5, 0.6) is 11.5 Å². The van der Waals surface area contributed by atoms with E-state index in [4.69, 9.17) is 14.7 Å². The molecule has 1 fully saturated rings. The number of ether oxygens (including phenoxy) is 1. The van der Waals surface area contributed by atoms with E-state index in [1.54, 1.807) is 41.4 Å². The number of nitrogens with zero attached hydrogens (tertiary/aromatic N) is 5. The Labute approximate surface area is 264 Å². The van der Waals surface area contributed by atoms with Crippen molar-refractivity contribution in [2.75, 3.05) is 33.7 Å². The molecule has 0 aliphatic carbocycles. The van der Waals surface area contributed by atoms with Gasteiger partial charge in [-0.05, 0) is 74.8 Å². The van der Waals surface area contributed by atoms with Gasteiger partial charge in [0.05, 0.1) is 16.8 Å². The van der Waals surface area contributed by atoms with Crippen LogP contribution in [0.1, 0.15) is 19.3 Å². The summed E-state index contributed by atoms with van der Waals surface area (Å²) in [4.78, 5) is 32.5. The van der Waals surface area contributed by atoms with Gasteiger partial charge < -0.3 is 19.9 Å². The number of aliphatic imine (C=N–C) groups is 1. The minimum Gasteiger partial charge on any atom is -0.453 e. The normalized spacial score (nSPS) is 16.7. The van der Waals surface area contributed by atoms with E-state index >= 15 is 0 Å². The van der Waals surface area contributed by atoms with Crippen LogP contribution in [0.25, 0.3) is 10.2 Å². The number of allylic oxidation sites excluding steroid dienone is 3. The Morgan fingerprint density at radius 3 is 2.80 bits per heavy atom. The van der Waals surface area contributed by atoms with E-state index in [0.29, 0.717) is 36.2 Å². The van der Waals surface area contributed by atoms with E-state index in [0.717, 1.165) is 57.5 Å². The monoisotopic (exact) mass is 628 g/mol. The lowest BCUT2D eigenvalue weighted by atomic mass is 9.93. The average molecular weight is 629 g/mol. The average Bonchev–Trinajstić information content (AvgIpc) is 3.39. The number of fused-ring (bicyclic) bond motifs is 1. The molecule has 11 heteroatoms. The summed E-state index contributed by atoms with van der Waals surface area (Å²) in [6.45, 7) is 1.90. The van der Waals surface area contributed by atoms with Gasteiger partial charge in [0.2, 0.25) is 5.91 Å². The number of pyridine rings is 2. The second-order valence-corrected chi connectivity index (χ2v) is 13.0. The van der Waals surface area contributed by atoms with Crippen LogP contribution in [0.4, 0.5) is 10.2 Å². The maximum absolute atomic E-state index is 13.6. The van der Waals surface area contributed by atoms with Crippen LogP contribution < -0.4 is 10.1 Å². The second kappa shape index (κ2) is 13.7. The number of aromatic nitrogens is 2. The molecule has 1 amide bonds. The summed E-state index contributed by atoms with van der Waals surface area (Å²) in [5.41, 5.74) is 2.05. The van der Waals surface area contributed by atoms with Crippen molar-refractivity contribution in [3.63, 3.8) is 0 Å². The number of halogens is 1. The van der Waals surface area contributed by atoms with Crippen LogP contribution in [0, 0.1) is 11.7 Å². The van der Waals surface area contributed by atoms with Crippen LogP contribution in [0.2, 0.25) is 0 Å². The Hall–Kier alpha value is -4.06. The summed E-state index contributed by atoms with van der Waals surface area (Å²) in [6, 6.07) is 11.8. The number of carbonyl (C=O) groups excluding carboxylic acids is 1. The number of benzene rings is 1. The molecule has 226 valence electrons. The molecule has 0 spiro atoms. The van der Waals surface area contributed by atoms with Crippen molar-refractivity contribution in [1.29, 1.82) is 0 Å². The number of thiophene rings is 1. The number of hydrogen-bond acceptors (Lipinski definition) is 8. The molecule has 44 heavy (non-hydrogen) atoms. The highest BCUT2D eigenvalue weighted by Crippen LogP contribution is 2.39. The molecule has 1 saturated heterocycles. The van der Waals surface area contributed by atoms with Crippen LogP contribution in [-0.4, -0.2) is 65.2 Å². The molecule has 5 heterocycles. The van der Waals surface area contributed by atoms with Crippen LogP contribution in [-0.2, 0) is 4.79 Å². The zero-order valence-corrected chi connectivity index (χ0v) is 26.2. The highest BCUT2D eigenvalue weighted by atomic mass is 32.2. The SMILES string of the molecule is CN(C)CC(=O)N1CCC(C2=CC=CCC(=Nc3ncc(Sc4ccnc5ccsc45)cc3Oc3ccc(F)cc3)N2)CC1. The first kappa shape index (κ1) is 30.0. The predicted molar refractivity (Wildman–Crippen MR) is 174 cm³/mol. The fraction of sp³-hybridized carbons (Fsp3) is 0.273. The molecule has 2 aliphatic heterocycles. The Balaban J connectivity index is 1.23. The van der Waals surface area contributed by atoms with Gasteiger partial charge >= 0.3 is 0 Å². The molecule has 1 aromatic carbocycles. The van der Waals surface area contributed by atoms with E-state index in [1.807, 2.05) is 53.7 Å². The maximum atomic E-state index is 13.6. The lowest BCUT2D eigenvalue weighted by molar-refractivity contribution is -0.133. The predicted octanol–water partition coefficient (Wildman–Crippen LogP) is 7.04. The molecule has 0 radical (unpaired) electrons. The van der Waals surface area contributed by atoms with Gasteiger partial charge in [-0.15, -0.1) is 11.3 Å². The molecule has 8 nitrogen and oxygen atoms in total. The first-order chi connectivity index (χ1) is 21.4. The van der Waals surface area contributed by atoms with Crippen molar-refractivity contribution in [3.8, 4) is 11.5 Å². The summed E-state index contributed by atoms with van der Waals surface area (Å²) >= 11 is 3.24. The molecule has 2 aliphatic rings. The standard InChI is InChI=1S/C33H33FN6O2S2/c1-39(2)21-31(41)40-16-12-22(13-17-40)26-5-3-4-6-30(37-26)38-33-28(42-24-9-7-23(34)8-10-24)19-25(20-36-33)44-29-11-15-35-27-14-18-43-32(27)29/h3-5,7-11,14-15,18-20,22H,6,12-13,16-17,21H2,1-2H3,(H,36,37,38). The van der Waals surface area contributed by atoms with E-state index in [9.17, 15) is 9.18 Å².